The Bertz CT molecular complexity index is 626. The third-order valence-electron chi connectivity index (χ3n) is 2.79. The first-order chi connectivity index (χ1) is 10.4. The number of para-hydroxylation sites is 1. The van der Waals surface area contributed by atoms with E-state index in [1.54, 1.807) is 36.4 Å². The summed E-state index contributed by atoms with van der Waals surface area (Å²) in [6, 6.07) is 15.6. The number of hydrogen-bond donors (Lipinski definition) is 2. The van der Waals surface area contributed by atoms with Gasteiger partial charge in [-0.1, -0.05) is 64.6 Å². The van der Waals surface area contributed by atoms with Crippen molar-refractivity contribution in [2.45, 2.75) is 9.96 Å². The van der Waals surface area contributed by atoms with Crippen LogP contribution in [0.1, 0.15) is 10.4 Å². The van der Waals surface area contributed by atoms with E-state index in [-0.39, 0.29) is 5.91 Å². The van der Waals surface area contributed by atoms with Gasteiger partial charge >= 0.3 is 0 Å². The minimum atomic E-state index is -1.72. The molecule has 7 heteroatoms. The van der Waals surface area contributed by atoms with E-state index in [2.05, 4.69) is 10.6 Å². The molecule has 0 fully saturated rings. The van der Waals surface area contributed by atoms with Crippen LogP contribution in [0.4, 0.5) is 5.69 Å². The van der Waals surface area contributed by atoms with E-state index in [9.17, 15) is 4.79 Å². The second kappa shape index (κ2) is 7.42. The normalized spacial score (nSPS) is 12.5. The Morgan fingerprint density at radius 2 is 1.55 bits per heavy atom. The van der Waals surface area contributed by atoms with Crippen LogP contribution >= 0.6 is 46.4 Å². The molecule has 116 valence electrons. The van der Waals surface area contributed by atoms with Crippen molar-refractivity contribution in [1.82, 2.24) is 5.32 Å². The maximum atomic E-state index is 12.2. The fourth-order valence-corrected chi connectivity index (χ4v) is 2.17. The summed E-state index contributed by atoms with van der Waals surface area (Å²) in [6.07, 6.45) is -0.900. The van der Waals surface area contributed by atoms with Gasteiger partial charge in [-0.15, -0.1) is 0 Å². The number of rotatable bonds is 4. The predicted octanol–water partition coefficient (Wildman–Crippen LogP) is 4.88. The highest BCUT2D eigenvalue weighted by Gasteiger charge is 2.34. The Labute approximate surface area is 148 Å². The molecule has 0 saturated heterocycles. The molecule has 1 atom stereocenters. The van der Waals surface area contributed by atoms with Crippen LogP contribution in [0.2, 0.25) is 5.02 Å². The second-order valence-electron chi connectivity index (χ2n) is 4.47. The third-order valence-corrected chi connectivity index (χ3v) is 3.70. The smallest absolute Gasteiger partial charge is 0.252 e. The molecule has 22 heavy (non-hydrogen) atoms. The number of hydrogen-bond acceptors (Lipinski definition) is 2. The summed E-state index contributed by atoms with van der Waals surface area (Å²) in [7, 11) is 0. The summed E-state index contributed by atoms with van der Waals surface area (Å²) < 4.78 is -1.72. The van der Waals surface area contributed by atoms with E-state index >= 15 is 0 Å². The van der Waals surface area contributed by atoms with Crippen LogP contribution in [-0.4, -0.2) is 15.9 Å². The van der Waals surface area contributed by atoms with Gasteiger partial charge in [-0.3, -0.25) is 4.79 Å². The lowest BCUT2D eigenvalue weighted by molar-refractivity contribution is 0.0942. The van der Waals surface area contributed by atoms with Gasteiger partial charge in [0.1, 0.15) is 6.17 Å². The predicted molar refractivity (Wildman–Crippen MR) is 93.1 cm³/mol. The van der Waals surface area contributed by atoms with Crippen LogP contribution < -0.4 is 10.6 Å². The highest BCUT2D eigenvalue weighted by molar-refractivity contribution is 6.68. The van der Waals surface area contributed by atoms with Crippen molar-refractivity contribution in [3.63, 3.8) is 0 Å². The van der Waals surface area contributed by atoms with Crippen molar-refractivity contribution >= 4 is 58.0 Å². The maximum Gasteiger partial charge on any atom is 0.252 e. The molecule has 3 nitrogen and oxygen atoms in total. The van der Waals surface area contributed by atoms with E-state index in [1.807, 2.05) is 18.2 Å². The quantitative estimate of drug-likeness (QED) is 0.588. The number of carbonyl (C=O) groups is 1. The molecule has 0 radical (unpaired) electrons. The molecule has 0 heterocycles. The van der Waals surface area contributed by atoms with Gasteiger partial charge in [-0.2, -0.15) is 0 Å². The summed E-state index contributed by atoms with van der Waals surface area (Å²) in [5.41, 5.74) is 1.13. The summed E-state index contributed by atoms with van der Waals surface area (Å²) in [6.45, 7) is 0. The first-order valence-corrected chi connectivity index (χ1v) is 7.82. The van der Waals surface area contributed by atoms with Gasteiger partial charge in [0.25, 0.3) is 5.91 Å². The topological polar surface area (TPSA) is 41.1 Å². The lowest BCUT2D eigenvalue weighted by Gasteiger charge is -2.27. The molecule has 0 aliphatic carbocycles. The Balaban J connectivity index is 2.13. The Kier molecular flexibility index (Phi) is 5.81. The van der Waals surface area contributed by atoms with Crippen LogP contribution in [0.5, 0.6) is 0 Å². The van der Waals surface area contributed by atoms with Crippen molar-refractivity contribution < 1.29 is 4.79 Å². The van der Waals surface area contributed by atoms with Gasteiger partial charge in [0.2, 0.25) is 3.79 Å². The lowest BCUT2D eigenvalue weighted by Crippen LogP contribution is -2.49. The van der Waals surface area contributed by atoms with Crippen LogP contribution in [-0.2, 0) is 0 Å². The number of anilines is 1. The van der Waals surface area contributed by atoms with E-state index in [0.29, 0.717) is 10.6 Å². The summed E-state index contributed by atoms with van der Waals surface area (Å²) >= 11 is 23.6. The van der Waals surface area contributed by atoms with E-state index in [4.69, 9.17) is 46.4 Å². The molecular weight excluding hydrogens is 366 g/mol. The van der Waals surface area contributed by atoms with Crippen molar-refractivity contribution in [2.75, 3.05) is 5.32 Å². The molecule has 0 aromatic heterocycles. The highest BCUT2D eigenvalue weighted by atomic mass is 35.6. The lowest BCUT2D eigenvalue weighted by atomic mass is 10.2. The third kappa shape index (κ3) is 4.96. The standard InChI is InChI=1S/C15H12Cl4N2O/c16-11-8-6-10(7-9-11)13(22)21-14(15(17,18)19)20-12-4-2-1-3-5-12/h1-9,14,20H,(H,21,22)/t14-/m1/s1. The molecule has 0 aliphatic rings. The minimum absolute atomic E-state index is 0.378. The fourth-order valence-electron chi connectivity index (χ4n) is 1.72. The van der Waals surface area contributed by atoms with Gasteiger partial charge in [0.05, 0.1) is 0 Å². The summed E-state index contributed by atoms with van der Waals surface area (Å²) in [5.74, 6) is -0.378. The average molecular weight is 378 g/mol. The zero-order valence-corrected chi connectivity index (χ0v) is 14.2. The average Bonchev–Trinajstić information content (AvgIpc) is 2.47. The van der Waals surface area contributed by atoms with Crippen molar-refractivity contribution in [1.29, 1.82) is 0 Å². The molecule has 2 aromatic carbocycles. The Morgan fingerprint density at radius 1 is 0.955 bits per heavy atom. The zero-order chi connectivity index (χ0) is 16.2. The SMILES string of the molecule is O=C(N[C@@H](Nc1ccccc1)C(Cl)(Cl)Cl)c1ccc(Cl)cc1. The molecule has 1 amide bonds. The molecule has 0 saturated carbocycles. The van der Waals surface area contributed by atoms with E-state index in [1.165, 1.54) is 0 Å². The molecule has 2 aromatic rings. The molecule has 0 spiro atoms. The first-order valence-electron chi connectivity index (χ1n) is 6.31. The van der Waals surface area contributed by atoms with Gasteiger partial charge in [-0.05, 0) is 36.4 Å². The van der Waals surface area contributed by atoms with Crippen LogP contribution in [0.25, 0.3) is 0 Å². The first kappa shape index (κ1) is 17.2. The zero-order valence-electron chi connectivity index (χ0n) is 11.2. The molecular formula is C15H12Cl4N2O. The highest BCUT2D eigenvalue weighted by Crippen LogP contribution is 2.31. The van der Waals surface area contributed by atoms with Gasteiger partial charge < -0.3 is 10.6 Å². The van der Waals surface area contributed by atoms with E-state index < -0.39 is 9.96 Å². The number of nitrogens with one attached hydrogen (secondary N) is 2. The second-order valence-corrected chi connectivity index (χ2v) is 7.27. The van der Waals surface area contributed by atoms with Gasteiger partial charge in [0, 0.05) is 16.3 Å². The summed E-state index contributed by atoms with van der Waals surface area (Å²) in [5, 5.41) is 6.17. The van der Waals surface area contributed by atoms with Crippen LogP contribution in [0.15, 0.2) is 54.6 Å². The molecule has 2 rings (SSSR count). The summed E-state index contributed by atoms with van der Waals surface area (Å²) in [4.78, 5) is 12.2. The van der Waals surface area contributed by atoms with E-state index in [0.717, 1.165) is 5.69 Å². The fraction of sp³-hybridized carbons (Fsp3) is 0.133. The largest absolute Gasteiger partial charge is 0.362 e. The van der Waals surface area contributed by atoms with Gasteiger partial charge in [-0.25, -0.2) is 0 Å². The van der Waals surface area contributed by atoms with Crippen molar-refractivity contribution in [3.8, 4) is 0 Å². The number of amides is 1. The Hall–Kier alpha value is -1.13. The Morgan fingerprint density at radius 3 is 2.09 bits per heavy atom. The van der Waals surface area contributed by atoms with Crippen molar-refractivity contribution in [3.05, 3.63) is 65.2 Å². The minimum Gasteiger partial charge on any atom is -0.362 e. The number of alkyl halides is 3. The number of halogens is 4. The maximum absolute atomic E-state index is 12.2. The van der Waals surface area contributed by atoms with Crippen LogP contribution in [0, 0.1) is 0 Å². The van der Waals surface area contributed by atoms with Gasteiger partial charge in [0.15, 0.2) is 0 Å². The molecule has 0 bridgehead atoms. The number of carbonyl (C=O) groups excluding carboxylic acids is 1. The molecule has 0 aliphatic heterocycles. The van der Waals surface area contributed by atoms with Crippen molar-refractivity contribution in [2.24, 2.45) is 0 Å². The monoisotopic (exact) mass is 376 g/mol. The molecule has 0 unspecified atom stereocenters. The number of benzene rings is 2. The van der Waals surface area contributed by atoms with Crippen LogP contribution in [0.3, 0.4) is 0 Å². The molecule has 2 N–H and O–H groups in total.